The van der Waals surface area contributed by atoms with E-state index in [0.29, 0.717) is 12.2 Å². The van der Waals surface area contributed by atoms with Crippen LogP contribution in [0.3, 0.4) is 0 Å². The number of carboxylic acid groups (broad SMARTS) is 1. The first-order valence-corrected chi connectivity index (χ1v) is 7.13. The average Bonchev–Trinajstić information content (AvgIpc) is 2.74. The molecule has 2 heterocycles. The van der Waals surface area contributed by atoms with Crippen molar-refractivity contribution >= 4 is 55.8 Å². The van der Waals surface area contributed by atoms with E-state index in [4.69, 9.17) is 5.11 Å². The maximum absolute atomic E-state index is 11.0. The fourth-order valence-electron chi connectivity index (χ4n) is 1.39. The Hall–Kier alpha value is -0.340. The molecular formula is C10H7BrINO2S. The van der Waals surface area contributed by atoms with Crippen LogP contribution in [-0.4, -0.2) is 15.6 Å². The van der Waals surface area contributed by atoms with Gasteiger partial charge in [-0.25, -0.2) is 4.79 Å². The van der Waals surface area contributed by atoms with Crippen LogP contribution in [0.25, 0.3) is 0 Å². The molecule has 0 fully saturated rings. The van der Waals surface area contributed by atoms with Gasteiger partial charge in [0.15, 0.2) is 0 Å². The fourth-order valence-corrected chi connectivity index (χ4v) is 3.47. The molecule has 3 nitrogen and oxygen atoms in total. The second kappa shape index (κ2) is 4.89. The lowest BCUT2D eigenvalue weighted by atomic mass is 10.4. The van der Waals surface area contributed by atoms with Crippen LogP contribution < -0.4 is 0 Å². The minimum atomic E-state index is -0.890. The molecule has 2 aromatic heterocycles. The van der Waals surface area contributed by atoms with Gasteiger partial charge < -0.3 is 9.67 Å². The van der Waals surface area contributed by atoms with Crippen molar-refractivity contribution in [2.24, 2.45) is 0 Å². The van der Waals surface area contributed by atoms with E-state index >= 15 is 0 Å². The molecule has 0 saturated heterocycles. The summed E-state index contributed by atoms with van der Waals surface area (Å²) >= 11 is 7.11. The summed E-state index contributed by atoms with van der Waals surface area (Å²) in [4.78, 5) is 12.1. The van der Waals surface area contributed by atoms with E-state index in [1.165, 1.54) is 0 Å². The summed E-state index contributed by atoms with van der Waals surface area (Å²) in [6.45, 7) is 0.598. The zero-order valence-corrected chi connectivity index (χ0v) is 12.5. The molecule has 0 atom stereocenters. The van der Waals surface area contributed by atoms with Gasteiger partial charge in [-0.05, 0) is 50.7 Å². The Morgan fingerprint density at radius 1 is 1.56 bits per heavy atom. The SMILES string of the molecule is O=C(O)c1cc(I)cn1Cc1cc(Br)cs1. The zero-order valence-electron chi connectivity index (χ0n) is 7.98. The predicted molar refractivity (Wildman–Crippen MR) is 75.2 cm³/mol. The van der Waals surface area contributed by atoms with E-state index in [-0.39, 0.29) is 0 Å². The van der Waals surface area contributed by atoms with Crippen LogP contribution in [-0.2, 0) is 6.54 Å². The summed E-state index contributed by atoms with van der Waals surface area (Å²) in [5.74, 6) is -0.890. The van der Waals surface area contributed by atoms with Crippen LogP contribution >= 0.6 is 49.9 Å². The second-order valence-corrected chi connectivity index (χ2v) is 6.36. The van der Waals surface area contributed by atoms with Gasteiger partial charge in [0, 0.05) is 24.5 Å². The molecule has 0 unspecified atom stereocenters. The molecule has 0 saturated carbocycles. The molecule has 84 valence electrons. The number of thiophene rings is 1. The molecule has 0 bridgehead atoms. The third-order valence-corrected chi connectivity index (χ3v) is 4.30. The second-order valence-electron chi connectivity index (χ2n) is 3.21. The van der Waals surface area contributed by atoms with Crippen LogP contribution in [0.4, 0.5) is 0 Å². The monoisotopic (exact) mass is 411 g/mol. The standard InChI is InChI=1S/C10H7BrINO2S/c11-6-1-8(16-5-6)4-13-3-7(12)2-9(13)10(14)15/h1-3,5H,4H2,(H,14,15). The van der Waals surface area contributed by atoms with Crippen molar-refractivity contribution in [2.75, 3.05) is 0 Å². The number of hydrogen-bond acceptors (Lipinski definition) is 2. The molecule has 16 heavy (non-hydrogen) atoms. The minimum Gasteiger partial charge on any atom is -0.477 e. The Labute approximate surface area is 118 Å². The number of aromatic nitrogens is 1. The number of carbonyl (C=O) groups is 1. The van der Waals surface area contributed by atoms with Crippen molar-refractivity contribution in [1.82, 2.24) is 4.57 Å². The van der Waals surface area contributed by atoms with Crippen molar-refractivity contribution in [2.45, 2.75) is 6.54 Å². The Kier molecular flexibility index (Phi) is 3.70. The van der Waals surface area contributed by atoms with E-state index in [0.717, 1.165) is 12.9 Å². The summed E-state index contributed by atoms with van der Waals surface area (Å²) in [6, 6.07) is 3.68. The van der Waals surface area contributed by atoms with Crippen molar-refractivity contribution in [3.8, 4) is 0 Å². The lowest BCUT2D eigenvalue weighted by molar-refractivity contribution is 0.0686. The smallest absolute Gasteiger partial charge is 0.352 e. The highest BCUT2D eigenvalue weighted by Gasteiger charge is 2.12. The summed E-state index contributed by atoms with van der Waals surface area (Å²) in [7, 11) is 0. The van der Waals surface area contributed by atoms with E-state index < -0.39 is 5.97 Å². The molecule has 0 aliphatic carbocycles. The highest BCUT2D eigenvalue weighted by atomic mass is 127. The highest BCUT2D eigenvalue weighted by molar-refractivity contribution is 14.1. The number of hydrogen-bond donors (Lipinski definition) is 1. The average molecular weight is 412 g/mol. The summed E-state index contributed by atoms with van der Waals surface area (Å²) < 4.78 is 3.72. The number of nitrogens with zero attached hydrogens (tertiary/aromatic N) is 1. The molecule has 0 amide bonds. The molecule has 0 aromatic carbocycles. The quantitative estimate of drug-likeness (QED) is 0.783. The number of aromatic carboxylic acids is 1. The number of halogens is 2. The van der Waals surface area contributed by atoms with Gasteiger partial charge in [0.05, 0.1) is 6.54 Å². The molecule has 0 aliphatic heterocycles. The number of rotatable bonds is 3. The number of carboxylic acids is 1. The van der Waals surface area contributed by atoms with Gasteiger partial charge in [-0.1, -0.05) is 0 Å². The molecule has 0 spiro atoms. The van der Waals surface area contributed by atoms with E-state index in [2.05, 4.69) is 38.5 Å². The first-order chi connectivity index (χ1) is 7.56. The van der Waals surface area contributed by atoms with Crippen molar-refractivity contribution in [3.63, 3.8) is 0 Å². The Balaban J connectivity index is 2.30. The van der Waals surface area contributed by atoms with E-state index in [1.807, 2.05) is 17.6 Å². The molecule has 0 aliphatic rings. The van der Waals surface area contributed by atoms with E-state index in [9.17, 15) is 4.79 Å². The largest absolute Gasteiger partial charge is 0.477 e. The van der Waals surface area contributed by atoms with Gasteiger partial charge in [-0.15, -0.1) is 11.3 Å². The topological polar surface area (TPSA) is 42.2 Å². The van der Waals surface area contributed by atoms with Crippen LogP contribution in [0, 0.1) is 3.57 Å². The van der Waals surface area contributed by atoms with Gasteiger partial charge in [0.2, 0.25) is 0 Å². The van der Waals surface area contributed by atoms with Gasteiger partial charge in [0.25, 0.3) is 0 Å². The summed E-state index contributed by atoms with van der Waals surface area (Å²) in [6.07, 6.45) is 1.84. The molecule has 0 radical (unpaired) electrons. The Bertz CT molecular complexity index is 535. The van der Waals surface area contributed by atoms with Gasteiger partial charge in [-0.3, -0.25) is 0 Å². The maximum Gasteiger partial charge on any atom is 0.352 e. The molecule has 1 N–H and O–H groups in total. The van der Waals surface area contributed by atoms with Crippen LogP contribution in [0.2, 0.25) is 0 Å². The first-order valence-electron chi connectivity index (χ1n) is 4.38. The third kappa shape index (κ3) is 2.67. The molecule has 2 aromatic rings. The van der Waals surface area contributed by atoms with Crippen LogP contribution in [0.5, 0.6) is 0 Å². The van der Waals surface area contributed by atoms with Crippen LogP contribution in [0.15, 0.2) is 28.2 Å². The van der Waals surface area contributed by atoms with Crippen molar-refractivity contribution < 1.29 is 9.90 Å². The van der Waals surface area contributed by atoms with Gasteiger partial charge >= 0.3 is 5.97 Å². The predicted octanol–water partition coefficient (Wildman–Crippen LogP) is 3.66. The first kappa shape index (κ1) is 12.1. The van der Waals surface area contributed by atoms with Gasteiger partial charge in [-0.2, -0.15) is 0 Å². The third-order valence-electron chi connectivity index (χ3n) is 2.03. The molecule has 2 rings (SSSR count). The summed E-state index contributed by atoms with van der Waals surface area (Å²) in [5, 5.41) is 11.0. The van der Waals surface area contributed by atoms with Crippen molar-refractivity contribution in [1.29, 1.82) is 0 Å². The maximum atomic E-state index is 11.0. The van der Waals surface area contributed by atoms with Crippen molar-refractivity contribution in [3.05, 3.63) is 42.3 Å². The fraction of sp³-hybridized carbons (Fsp3) is 0.100. The lowest BCUT2D eigenvalue weighted by Gasteiger charge is -2.03. The van der Waals surface area contributed by atoms with Crippen LogP contribution in [0.1, 0.15) is 15.4 Å². The lowest BCUT2D eigenvalue weighted by Crippen LogP contribution is -2.07. The zero-order chi connectivity index (χ0) is 11.7. The summed E-state index contributed by atoms with van der Waals surface area (Å²) in [5.41, 5.74) is 0.328. The normalized spacial score (nSPS) is 10.6. The van der Waals surface area contributed by atoms with Gasteiger partial charge in [0.1, 0.15) is 5.69 Å². The Morgan fingerprint density at radius 3 is 2.88 bits per heavy atom. The molecule has 6 heteroatoms. The highest BCUT2D eigenvalue weighted by Crippen LogP contribution is 2.22. The van der Waals surface area contributed by atoms with E-state index in [1.54, 1.807) is 22.0 Å². The molecular weight excluding hydrogens is 405 g/mol. The minimum absolute atomic E-state index is 0.328. The Morgan fingerprint density at radius 2 is 2.31 bits per heavy atom.